The molecule has 1 N–H and O–H groups in total. The van der Waals surface area contributed by atoms with Crippen LogP contribution in [0, 0.1) is 11.3 Å². The van der Waals surface area contributed by atoms with Gasteiger partial charge in [0.25, 0.3) is 0 Å². The van der Waals surface area contributed by atoms with Gasteiger partial charge in [-0.3, -0.25) is 4.99 Å². The van der Waals surface area contributed by atoms with Gasteiger partial charge < -0.3 is 15.0 Å². The first kappa shape index (κ1) is 18.0. The number of guanidine groups is 1. The topological polar surface area (TPSA) is 36.9 Å². The average molecular weight is 395 g/mol. The van der Waals surface area contributed by atoms with E-state index in [1.807, 2.05) is 7.05 Å². The molecular formula is C15H30IN3O. The first-order valence-corrected chi connectivity index (χ1v) is 7.58. The third-order valence-electron chi connectivity index (χ3n) is 4.81. The van der Waals surface area contributed by atoms with E-state index in [0.29, 0.717) is 18.1 Å². The normalized spacial score (nSPS) is 31.1. The Morgan fingerprint density at radius 3 is 2.75 bits per heavy atom. The molecule has 1 aliphatic carbocycles. The Labute approximate surface area is 140 Å². The summed E-state index contributed by atoms with van der Waals surface area (Å²) in [5, 5.41) is 3.67. The lowest BCUT2D eigenvalue weighted by atomic mass is 9.57. The Morgan fingerprint density at radius 2 is 2.15 bits per heavy atom. The van der Waals surface area contributed by atoms with Gasteiger partial charge in [0.05, 0.1) is 6.10 Å². The van der Waals surface area contributed by atoms with E-state index in [1.165, 1.54) is 19.3 Å². The minimum absolute atomic E-state index is 0. The van der Waals surface area contributed by atoms with Gasteiger partial charge in [-0.25, -0.2) is 0 Å². The van der Waals surface area contributed by atoms with E-state index in [9.17, 15) is 0 Å². The highest BCUT2D eigenvalue weighted by atomic mass is 127. The summed E-state index contributed by atoms with van der Waals surface area (Å²) in [5.41, 5.74) is 0.211. The minimum atomic E-state index is 0. The highest BCUT2D eigenvalue weighted by Crippen LogP contribution is 2.52. The van der Waals surface area contributed by atoms with Crippen molar-refractivity contribution in [1.29, 1.82) is 0 Å². The summed E-state index contributed by atoms with van der Waals surface area (Å²) in [6, 6.07) is 0.489. The zero-order valence-electron chi connectivity index (χ0n) is 13.5. The smallest absolute Gasteiger partial charge is 0.193 e. The number of halogens is 1. The van der Waals surface area contributed by atoms with Gasteiger partial charge in [0.1, 0.15) is 0 Å². The van der Waals surface area contributed by atoms with Crippen LogP contribution in [0.25, 0.3) is 0 Å². The molecule has 1 saturated heterocycles. The summed E-state index contributed by atoms with van der Waals surface area (Å²) in [5.74, 6) is 1.68. The van der Waals surface area contributed by atoms with Crippen LogP contribution < -0.4 is 5.32 Å². The lowest BCUT2D eigenvalue weighted by molar-refractivity contribution is -0.107. The molecule has 5 heteroatoms. The maximum Gasteiger partial charge on any atom is 0.193 e. The Bertz CT molecular complexity index is 346. The van der Waals surface area contributed by atoms with Crippen molar-refractivity contribution in [3.8, 4) is 0 Å². The van der Waals surface area contributed by atoms with Crippen molar-refractivity contribution in [2.24, 2.45) is 16.3 Å². The van der Waals surface area contributed by atoms with Crippen LogP contribution >= 0.6 is 24.0 Å². The molecule has 2 aliphatic rings. The second kappa shape index (κ2) is 7.29. The number of unbranched alkanes of at least 4 members (excludes halogenated alkanes) is 1. The molecule has 20 heavy (non-hydrogen) atoms. The second-order valence-electron chi connectivity index (χ2n) is 6.51. The molecule has 0 amide bonds. The number of fused-ring (bicyclic) bond motifs is 1. The molecule has 2 fully saturated rings. The van der Waals surface area contributed by atoms with Crippen molar-refractivity contribution >= 4 is 29.9 Å². The maximum absolute atomic E-state index is 5.84. The van der Waals surface area contributed by atoms with Gasteiger partial charge in [0.2, 0.25) is 0 Å². The molecule has 0 spiro atoms. The van der Waals surface area contributed by atoms with Crippen molar-refractivity contribution in [1.82, 2.24) is 10.2 Å². The molecule has 3 unspecified atom stereocenters. The van der Waals surface area contributed by atoms with Crippen LogP contribution in [0.4, 0.5) is 0 Å². The summed E-state index contributed by atoms with van der Waals surface area (Å²) in [6.45, 7) is 8.81. The lowest BCUT2D eigenvalue weighted by Gasteiger charge is -2.55. The SMILES string of the molecule is CCCCN(C)C(=NC)NC1C2CCOC2C1(C)C.I. The number of ether oxygens (including phenoxy) is 1. The number of nitrogens with one attached hydrogen (secondary N) is 1. The predicted octanol–water partition coefficient (Wildman–Crippen LogP) is 2.73. The predicted molar refractivity (Wildman–Crippen MR) is 94.9 cm³/mol. The highest BCUT2D eigenvalue weighted by Gasteiger charge is 2.59. The molecule has 1 aliphatic heterocycles. The summed E-state index contributed by atoms with van der Waals surface area (Å²) in [4.78, 5) is 6.67. The van der Waals surface area contributed by atoms with Crippen molar-refractivity contribution in [3.05, 3.63) is 0 Å². The van der Waals surface area contributed by atoms with Gasteiger partial charge in [-0.2, -0.15) is 0 Å². The molecule has 0 bridgehead atoms. The maximum atomic E-state index is 5.84. The van der Waals surface area contributed by atoms with Crippen LogP contribution in [-0.2, 0) is 4.74 Å². The standard InChI is InChI=1S/C15H29N3O.HI/c1-6-7-9-18(5)14(16-4)17-12-11-8-10-19-13(11)15(12,2)3;/h11-13H,6-10H2,1-5H3,(H,16,17);1H. The molecular weight excluding hydrogens is 365 g/mol. The summed E-state index contributed by atoms with van der Waals surface area (Å²) >= 11 is 0. The van der Waals surface area contributed by atoms with Crippen molar-refractivity contribution in [2.45, 2.75) is 52.2 Å². The largest absolute Gasteiger partial charge is 0.377 e. The Kier molecular flexibility index (Phi) is 6.57. The molecule has 1 heterocycles. The first-order chi connectivity index (χ1) is 9.02. The molecule has 3 atom stereocenters. The first-order valence-electron chi connectivity index (χ1n) is 7.58. The number of hydrogen-bond acceptors (Lipinski definition) is 2. The van der Waals surface area contributed by atoms with Gasteiger partial charge in [-0.05, 0) is 12.8 Å². The fourth-order valence-electron chi connectivity index (χ4n) is 3.60. The molecule has 118 valence electrons. The molecule has 0 aromatic carbocycles. The molecule has 0 radical (unpaired) electrons. The quantitative estimate of drug-likeness (QED) is 0.452. The van der Waals surface area contributed by atoms with Crippen LogP contribution in [0.5, 0.6) is 0 Å². The summed E-state index contributed by atoms with van der Waals surface area (Å²) in [7, 11) is 4.00. The Morgan fingerprint density at radius 1 is 1.45 bits per heavy atom. The van der Waals surface area contributed by atoms with Gasteiger partial charge in [0.15, 0.2) is 5.96 Å². The van der Waals surface area contributed by atoms with Gasteiger partial charge >= 0.3 is 0 Å². The van der Waals surface area contributed by atoms with Crippen LogP contribution in [0.3, 0.4) is 0 Å². The Hall–Kier alpha value is -0.0400. The van der Waals surface area contributed by atoms with Crippen LogP contribution in [0.1, 0.15) is 40.0 Å². The van der Waals surface area contributed by atoms with E-state index in [2.05, 4.69) is 43.0 Å². The van der Waals surface area contributed by atoms with Crippen LogP contribution in [0.2, 0.25) is 0 Å². The van der Waals surface area contributed by atoms with E-state index >= 15 is 0 Å². The molecule has 0 aromatic rings. The van der Waals surface area contributed by atoms with Gasteiger partial charge in [-0.15, -0.1) is 24.0 Å². The fourth-order valence-corrected chi connectivity index (χ4v) is 3.60. The third kappa shape index (κ3) is 3.24. The number of rotatable bonds is 4. The second-order valence-corrected chi connectivity index (χ2v) is 6.51. The van der Waals surface area contributed by atoms with E-state index in [-0.39, 0.29) is 29.4 Å². The number of aliphatic imine (C=N–C) groups is 1. The monoisotopic (exact) mass is 395 g/mol. The molecule has 4 nitrogen and oxygen atoms in total. The highest BCUT2D eigenvalue weighted by molar-refractivity contribution is 14.0. The third-order valence-corrected chi connectivity index (χ3v) is 4.81. The molecule has 1 saturated carbocycles. The zero-order chi connectivity index (χ0) is 14.0. The van der Waals surface area contributed by atoms with Crippen molar-refractivity contribution in [2.75, 3.05) is 27.2 Å². The Balaban J connectivity index is 0.00000200. The molecule has 0 aromatic heterocycles. The van der Waals surface area contributed by atoms with Gasteiger partial charge in [-0.1, -0.05) is 27.2 Å². The number of hydrogen-bond donors (Lipinski definition) is 1. The fraction of sp³-hybridized carbons (Fsp3) is 0.933. The van der Waals surface area contributed by atoms with E-state index < -0.39 is 0 Å². The van der Waals surface area contributed by atoms with E-state index in [1.54, 1.807) is 0 Å². The average Bonchev–Trinajstić information content (AvgIpc) is 2.83. The number of nitrogens with zero attached hydrogens (tertiary/aromatic N) is 2. The van der Waals surface area contributed by atoms with Crippen LogP contribution in [-0.4, -0.2) is 50.3 Å². The van der Waals surface area contributed by atoms with E-state index in [0.717, 1.165) is 19.1 Å². The minimum Gasteiger partial charge on any atom is -0.377 e. The van der Waals surface area contributed by atoms with Crippen molar-refractivity contribution in [3.63, 3.8) is 0 Å². The summed E-state index contributed by atoms with van der Waals surface area (Å²) in [6.07, 6.45) is 4.04. The van der Waals surface area contributed by atoms with Crippen molar-refractivity contribution < 1.29 is 4.74 Å². The summed E-state index contributed by atoms with van der Waals surface area (Å²) < 4.78 is 5.84. The van der Waals surface area contributed by atoms with Gasteiger partial charge in [0, 0.05) is 44.6 Å². The zero-order valence-corrected chi connectivity index (χ0v) is 15.8. The van der Waals surface area contributed by atoms with Crippen LogP contribution in [0.15, 0.2) is 4.99 Å². The molecule has 2 rings (SSSR count). The lowest BCUT2D eigenvalue weighted by Crippen LogP contribution is -2.68. The van der Waals surface area contributed by atoms with E-state index in [4.69, 9.17) is 4.74 Å².